The van der Waals surface area contributed by atoms with Crippen LogP contribution in [0.4, 0.5) is 0 Å². The Hall–Kier alpha value is -1.89. The van der Waals surface area contributed by atoms with Gasteiger partial charge in [0, 0.05) is 19.2 Å². The van der Waals surface area contributed by atoms with Crippen molar-refractivity contribution in [2.75, 3.05) is 19.3 Å². The number of carboxylic acid groups (broad SMARTS) is 1. The Morgan fingerprint density at radius 1 is 1.20 bits per heavy atom. The van der Waals surface area contributed by atoms with Crippen LogP contribution in [0.1, 0.15) is 23.7 Å². The number of amides is 1. The van der Waals surface area contributed by atoms with Crippen LogP contribution in [0.2, 0.25) is 0 Å². The van der Waals surface area contributed by atoms with Crippen LogP contribution in [-0.2, 0) is 14.6 Å². The lowest BCUT2D eigenvalue weighted by Crippen LogP contribution is -2.29. The topological polar surface area (TPSA) is 91.8 Å². The highest BCUT2D eigenvalue weighted by atomic mass is 32.2. The number of hydrogen-bond donors (Lipinski definition) is 1. The summed E-state index contributed by atoms with van der Waals surface area (Å²) in [7, 11) is -1.78. The van der Waals surface area contributed by atoms with E-state index in [0.717, 1.165) is 0 Å². The summed E-state index contributed by atoms with van der Waals surface area (Å²) in [5.41, 5.74) is 0.327. The van der Waals surface area contributed by atoms with Crippen molar-refractivity contribution in [3.05, 3.63) is 29.8 Å². The lowest BCUT2D eigenvalue weighted by molar-refractivity contribution is -0.137. The van der Waals surface area contributed by atoms with Crippen LogP contribution in [0.25, 0.3) is 0 Å². The predicted octanol–water partition coefficient (Wildman–Crippen LogP) is 1.03. The first kappa shape index (κ1) is 16.2. The number of hydrogen-bond acceptors (Lipinski definition) is 4. The maximum absolute atomic E-state index is 12.0. The molecule has 0 atom stereocenters. The molecule has 6 nitrogen and oxygen atoms in total. The highest BCUT2D eigenvalue weighted by molar-refractivity contribution is 7.91. The molecular formula is C13H17NO5S. The molecule has 7 heteroatoms. The molecule has 0 saturated carbocycles. The molecule has 0 unspecified atom stereocenters. The first-order valence-electron chi connectivity index (χ1n) is 6.08. The second-order valence-electron chi connectivity index (χ2n) is 4.30. The Kier molecular flexibility index (Phi) is 5.26. The van der Waals surface area contributed by atoms with Crippen molar-refractivity contribution in [2.24, 2.45) is 0 Å². The molecule has 1 N–H and O–H groups in total. The van der Waals surface area contributed by atoms with Crippen molar-refractivity contribution in [1.29, 1.82) is 0 Å². The van der Waals surface area contributed by atoms with E-state index in [1.807, 2.05) is 0 Å². The molecule has 0 spiro atoms. The Bertz CT molecular complexity index is 592. The number of aliphatic carboxylic acids is 1. The number of sulfone groups is 1. The minimum absolute atomic E-state index is 0.00118. The summed E-state index contributed by atoms with van der Waals surface area (Å²) in [5, 5.41) is 8.56. The zero-order chi connectivity index (χ0) is 15.3. The van der Waals surface area contributed by atoms with Gasteiger partial charge < -0.3 is 10.0 Å². The van der Waals surface area contributed by atoms with Gasteiger partial charge in [-0.05, 0) is 24.3 Å². The van der Waals surface area contributed by atoms with E-state index in [0.29, 0.717) is 5.56 Å². The van der Waals surface area contributed by atoms with Gasteiger partial charge in [-0.1, -0.05) is 6.92 Å². The van der Waals surface area contributed by atoms with Gasteiger partial charge in [-0.2, -0.15) is 0 Å². The summed E-state index contributed by atoms with van der Waals surface area (Å²) in [6.45, 7) is 1.65. The first-order chi connectivity index (χ1) is 9.27. The van der Waals surface area contributed by atoms with E-state index in [1.54, 1.807) is 6.92 Å². The van der Waals surface area contributed by atoms with Gasteiger partial charge in [0.25, 0.3) is 5.91 Å². The van der Waals surface area contributed by atoms with Gasteiger partial charge in [0.2, 0.25) is 0 Å². The molecule has 0 aromatic heterocycles. The lowest BCUT2D eigenvalue weighted by atomic mass is 10.2. The van der Waals surface area contributed by atoms with Crippen LogP contribution in [0, 0.1) is 0 Å². The molecule has 0 fully saturated rings. The predicted molar refractivity (Wildman–Crippen MR) is 73.4 cm³/mol. The smallest absolute Gasteiger partial charge is 0.305 e. The molecule has 1 amide bonds. The van der Waals surface area contributed by atoms with Crippen molar-refractivity contribution in [2.45, 2.75) is 18.2 Å². The lowest BCUT2D eigenvalue weighted by Gasteiger charge is -2.16. The molecule has 20 heavy (non-hydrogen) atoms. The highest BCUT2D eigenvalue weighted by Gasteiger charge is 2.15. The van der Waals surface area contributed by atoms with Crippen LogP contribution < -0.4 is 0 Å². The summed E-state index contributed by atoms with van der Waals surface area (Å²) in [6, 6.07) is 5.64. The minimum atomic E-state index is -3.28. The van der Waals surface area contributed by atoms with Gasteiger partial charge in [-0.25, -0.2) is 8.42 Å². The molecule has 0 radical (unpaired) electrons. The van der Waals surface area contributed by atoms with E-state index in [-0.39, 0.29) is 29.5 Å². The Balaban J connectivity index is 2.83. The quantitative estimate of drug-likeness (QED) is 0.847. The standard InChI is InChI=1S/C13H17NO5S/c1-3-20(18,19)11-6-4-10(5-7-11)13(17)14(2)9-8-12(15)16/h4-7H,3,8-9H2,1-2H3,(H,15,16). The van der Waals surface area contributed by atoms with E-state index in [1.165, 1.54) is 36.2 Å². The molecule has 0 aliphatic carbocycles. The maximum atomic E-state index is 12.0. The third kappa shape index (κ3) is 4.06. The van der Waals surface area contributed by atoms with E-state index in [4.69, 9.17) is 5.11 Å². The second kappa shape index (κ2) is 6.51. The molecule has 1 aromatic carbocycles. The van der Waals surface area contributed by atoms with Gasteiger partial charge >= 0.3 is 5.97 Å². The minimum Gasteiger partial charge on any atom is -0.481 e. The van der Waals surface area contributed by atoms with Crippen LogP contribution in [0.5, 0.6) is 0 Å². The van der Waals surface area contributed by atoms with Gasteiger partial charge in [0.1, 0.15) is 0 Å². The third-order valence-electron chi connectivity index (χ3n) is 2.85. The Labute approximate surface area is 117 Å². The molecule has 1 rings (SSSR count). The third-order valence-corrected chi connectivity index (χ3v) is 4.60. The molecule has 110 valence electrons. The summed E-state index contributed by atoms with van der Waals surface area (Å²) in [4.78, 5) is 23.9. The van der Waals surface area contributed by atoms with Crippen molar-refractivity contribution in [3.63, 3.8) is 0 Å². The van der Waals surface area contributed by atoms with Crippen molar-refractivity contribution in [1.82, 2.24) is 4.90 Å². The SMILES string of the molecule is CCS(=O)(=O)c1ccc(C(=O)N(C)CCC(=O)O)cc1. The van der Waals surface area contributed by atoms with Gasteiger partial charge in [-0.3, -0.25) is 9.59 Å². The number of carbonyl (C=O) groups excluding carboxylic acids is 1. The summed E-state index contributed by atoms with van der Waals surface area (Å²) in [5.74, 6) is -1.32. The van der Waals surface area contributed by atoms with Crippen molar-refractivity contribution >= 4 is 21.7 Å². The zero-order valence-electron chi connectivity index (χ0n) is 11.4. The molecule has 0 bridgehead atoms. The number of carbonyl (C=O) groups is 2. The van der Waals surface area contributed by atoms with Crippen LogP contribution >= 0.6 is 0 Å². The fraction of sp³-hybridized carbons (Fsp3) is 0.385. The molecule has 0 saturated heterocycles. The van der Waals surface area contributed by atoms with E-state index < -0.39 is 15.8 Å². The average molecular weight is 299 g/mol. The number of benzene rings is 1. The van der Waals surface area contributed by atoms with E-state index in [9.17, 15) is 18.0 Å². The number of carboxylic acids is 1. The number of rotatable bonds is 6. The Morgan fingerprint density at radius 2 is 1.75 bits per heavy atom. The number of nitrogens with zero attached hydrogens (tertiary/aromatic N) is 1. The largest absolute Gasteiger partial charge is 0.481 e. The van der Waals surface area contributed by atoms with Crippen molar-refractivity contribution < 1.29 is 23.1 Å². The molecule has 0 aliphatic rings. The van der Waals surface area contributed by atoms with Gasteiger partial charge in [0.05, 0.1) is 17.1 Å². The second-order valence-corrected chi connectivity index (χ2v) is 6.58. The molecule has 0 aliphatic heterocycles. The van der Waals surface area contributed by atoms with E-state index in [2.05, 4.69) is 0 Å². The average Bonchev–Trinajstić information content (AvgIpc) is 2.44. The molecule has 0 heterocycles. The molecule has 1 aromatic rings. The zero-order valence-corrected chi connectivity index (χ0v) is 12.2. The Morgan fingerprint density at radius 3 is 2.20 bits per heavy atom. The highest BCUT2D eigenvalue weighted by Crippen LogP contribution is 2.13. The fourth-order valence-electron chi connectivity index (χ4n) is 1.56. The fourth-order valence-corrected chi connectivity index (χ4v) is 2.44. The molecular weight excluding hydrogens is 282 g/mol. The normalized spacial score (nSPS) is 11.1. The van der Waals surface area contributed by atoms with Crippen molar-refractivity contribution in [3.8, 4) is 0 Å². The summed E-state index contributed by atoms with van der Waals surface area (Å²) < 4.78 is 23.3. The summed E-state index contributed by atoms with van der Waals surface area (Å²) in [6.07, 6.45) is -0.134. The van der Waals surface area contributed by atoms with Crippen LogP contribution in [0.3, 0.4) is 0 Å². The first-order valence-corrected chi connectivity index (χ1v) is 7.73. The van der Waals surface area contributed by atoms with E-state index >= 15 is 0 Å². The maximum Gasteiger partial charge on any atom is 0.305 e. The van der Waals surface area contributed by atoms with Crippen LogP contribution in [-0.4, -0.2) is 49.6 Å². The van der Waals surface area contributed by atoms with Crippen LogP contribution in [0.15, 0.2) is 29.2 Å². The van der Waals surface area contributed by atoms with Gasteiger partial charge in [-0.15, -0.1) is 0 Å². The summed E-state index contributed by atoms with van der Waals surface area (Å²) >= 11 is 0. The van der Waals surface area contributed by atoms with Gasteiger partial charge in [0.15, 0.2) is 9.84 Å². The monoisotopic (exact) mass is 299 g/mol.